The van der Waals surface area contributed by atoms with E-state index >= 15 is 0 Å². The van der Waals surface area contributed by atoms with Gasteiger partial charge in [0, 0.05) is 6.42 Å². The molecule has 1 aliphatic rings. The van der Waals surface area contributed by atoms with Crippen molar-refractivity contribution in [1.29, 1.82) is 0 Å². The van der Waals surface area contributed by atoms with Gasteiger partial charge >= 0.3 is 5.69 Å². The zero-order chi connectivity index (χ0) is 20.5. The molecule has 1 fully saturated rings. The Morgan fingerprint density at radius 2 is 1.96 bits per heavy atom. The molecule has 0 aliphatic carbocycles. The zero-order valence-electron chi connectivity index (χ0n) is 16.1. The minimum absolute atomic E-state index is 0.0788. The Kier molecular flexibility index (Phi) is 5.83. The molecule has 0 saturated carbocycles. The van der Waals surface area contributed by atoms with Gasteiger partial charge in [-0.25, -0.2) is 4.79 Å². The van der Waals surface area contributed by atoms with E-state index in [4.69, 9.17) is 9.47 Å². The molecule has 2 N–H and O–H groups in total. The van der Waals surface area contributed by atoms with Gasteiger partial charge in [0.15, 0.2) is 0 Å². The number of aromatic amines is 1. The first kappa shape index (κ1) is 20.4. The summed E-state index contributed by atoms with van der Waals surface area (Å²) < 4.78 is 25.7. The van der Waals surface area contributed by atoms with Crippen molar-refractivity contribution in [1.82, 2.24) is 9.55 Å². The minimum atomic E-state index is -1.09. The van der Waals surface area contributed by atoms with Crippen molar-refractivity contribution in [2.24, 2.45) is 0 Å². The highest BCUT2D eigenvalue weighted by molar-refractivity contribution is 5.27. The number of halogens is 1. The van der Waals surface area contributed by atoms with Crippen LogP contribution in [0.1, 0.15) is 44.5 Å². The Bertz CT molecular complexity index is 929. The van der Waals surface area contributed by atoms with Crippen LogP contribution in [0, 0.1) is 5.82 Å². The van der Waals surface area contributed by atoms with Gasteiger partial charge in [0.25, 0.3) is 5.56 Å². The minimum Gasteiger partial charge on any atom is -0.390 e. The maximum Gasteiger partial charge on any atom is 0.330 e. The van der Waals surface area contributed by atoms with E-state index in [1.54, 1.807) is 0 Å². The number of nitrogens with zero attached hydrogens (tertiary/aromatic N) is 1. The molecule has 3 atom stereocenters. The predicted molar refractivity (Wildman–Crippen MR) is 101 cm³/mol. The fourth-order valence-corrected chi connectivity index (χ4v) is 3.10. The molecule has 3 rings (SSSR count). The number of aromatic nitrogens is 2. The zero-order valence-corrected chi connectivity index (χ0v) is 16.1. The highest BCUT2D eigenvalue weighted by atomic mass is 19.1. The molecule has 1 saturated heterocycles. The van der Waals surface area contributed by atoms with Gasteiger partial charge < -0.3 is 14.6 Å². The average Bonchev–Trinajstić information content (AvgIpc) is 2.98. The van der Waals surface area contributed by atoms with Crippen molar-refractivity contribution in [2.75, 3.05) is 6.61 Å². The molecular weight excluding hydrogens is 367 g/mol. The summed E-state index contributed by atoms with van der Waals surface area (Å²) in [4.78, 5) is 24.8. The van der Waals surface area contributed by atoms with Crippen LogP contribution in [0.3, 0.4) is 0 Å². The molecule has 152 valence electrons. The number of aliphatic hydroxyl groups excluding tert-OH is 1. The molecule has 1 aromatic heterocycles. The maximum absolute atomic E-state index is 13.5. The van der Waals surface area contributed by atoms with Crippen molar-refractivity contribution < 1.29 is 19.0 Å². The molecule has 0 amide bonds. The lowest BCUT2D eigenvalue weighted by atomic mass is 9.87. The van der Waals surface area contributed by atoms with Gasteiger partial charge in [-0.2, -0.15) is 4.39 Å². The van der Waals surface area contributed by atoms with Crippen molar-refractivity contribution in [3.63, 3.8) is 0 Å². The van der Waals surface area contributed by atoms with E-state index in [1.807, 2.05) is 17.1 Å². The van der Waals surface area contributed by atoms with E-state index in [1.165, 1.54) is 5.56 Å². The van der Waals surface area contributed by atoms with Crippen LogP contribution in [0.25, 0.3) is 0 Å². The van der Waals surface area contributed by atoms with Gasteiger partial charge in [-0.15, -0.1) is 0 Å². The maximum atomic E-state index is 13.5. The second-order valence-electron chi connectivity index (χ2n) is 8.04. The molecule has 7 nitrogen and oxygen atoms in total. The monoisotopic (exact) mass is 392 g/mol. The van der Waals surface area contributed by atoms with Crippen LogP contribution in [0.4, 0.5) is 4.39 Å². The first-order valence-electron chi connectivity index (χ1n) is 9.17. The van der Waals surface area contributed by atoms with Crippen LogP contribution < -0.4 is 11.2 Å². The number of rotatable bonds is 5. The molecule has 28 heavy (non-hydrogen) atoms. The van der Waals surface area contributed by atoms with Crippen LogP contribution in [0.5, 0.6) is 0 Å². The van der Waals surface area contributed by atoms with Gasteiger partial charge in [-0.1, -0.05) is 45.0 Å². The number of H-pyrrole nitrogens is 1. The third-order valence-electron chi connectivity index (χ3n) is 4.81. The van der Waals surface area contributed by atoms with Crippen molar-refractivity contribution in [3.8, 4) is 0 Å². The average molecular weight is 392 g/mol. The summed E-state index contributed by atoms with van der Waals surface area (Å²) in [5, 5.41) is 10.2. The van der Waals surface area contributed by atoms with Crippen LogP contribution >= 0.6 is 0 Å². The third-order valence-corrected chi connectivity index (χ3v) is 4.81. The van der Waals surface area contributed by atoms with Gasteiger partial charge in [-0.05, 0) is 16.5 Å². The second-order valence-corrected chi connectivity index (χ2v) is 8.04. The van der Waals surface area contributed by atoms with Gasteiger partial charge in [0.05, 0.1) is 25.5 Å². The molecule has 0 unspecified atom stereocenters. The molecular formula is C20H25FN2O5. The molecule has 2 aromatic rings. The van der Waals surface area contributed by atoms with Crippen LogP contribution in [0.15, 0.2) is 40.1 Å². The fourth-order valence-electron chi connectivity index (χ4n) is 3.10. The van der Waals surface area contributed by atoms with Gasteiger partial charge in [0.2, 0.25) is 5.82 Å². The Morgan fingerprint density at radius 3 is 2.61 bits per heavy atom. The van der Waals surface area contributed by atoms with Crippen LogP contribution in [0.2, 0.25) is 0 Å². The van der Waals surface area contributed by atoms with E-state index < -0.39 is 35.5 Å². The van der Waals surface area contributed by atoms with Crippen molar-refractivity contribution >= 4 is 0 Å². The van der Waals surface area contributed by atoms with E-state index in [0.29, 0.717) is 6.61 Å². The summed E-state index contributed by atoms with van der Waals surface area (Å²) in [5.41, 5.74) is 0.430. The van der Waals surface area contributed by atoms with E-state index in [2.05, 4.69) is 32.9 Å². The SMILES string of the molecule is CC(C)(C)c1ccc(COC[C@H]2O[C@@H](n3cc(F)c(=O)[nH]c3=O)C[C@@H]2O)cc1. The van der Waals surface area contributed by atoms with Crippen LogP contribution in [-0.4, -0.2) is 33.5 Å². The Balaban J connectivity index is 1.57. The van der Waals surface area contributed by atoms with Crippen LogP contribution in [-0.2, 0) is 21.5 Å². The molecule has 0 spiro atoms. The number of nitrogens with one attached hydrogen (secondary N) is 1. The van der Waals surface area contributed by atoms with Gasteiger partial charge in [-0.3, -0.25) is 14.3 Å². The highest BCUT2D eigenvalue weighted by Gasteiger charge is 2.35. The lowest BCUT2D eigenvalue weighted by Gasteiger charge is -2.19. The predicted octanol–water partition coefficient (Wildman–Crippen LogP) is 1.84. The number of ether oxygens (including phenoxy) is 2. The summed E-state index contributed by atoms with van der Waals surface area (Å²) in [6.07, 6.45) is -1.50. The highest BCUT2D eigenvalue weighted by Crippen LogP contribution is 2.28. The quantitative estimate of drug-likeness (QED) is 0.810. The Hall–Kier alpha value is -2.29. The van der Waals surface area contributed by atoms with E-state index in [0.717, 1.165) is 16.3 Å². The number of aliphatic hydroxyl groups is 1. The summed E-state index contributed by atoms with van der Waals surface area (Å²) in [7, 11) is 0. The summed E-state index contributed by atoms with van der Waals surface area (Å²) >= 11 is 0. The molecule has 0 bridgehead atoms. The summed E-state index contributed by atoms with van der Waals surface area (Å²) in [5.74, 6) is -1.09. The first-order valence-corrected chi connectivity index (χ1v) is 9.17. The van der Waals surface area contributed by atoms with E-state index in [-0.39, 0.29) is 18.4 Å². The lowest BCUT2D eigenvalue weighted by Crippen LogP contribution is -2.34. The Labute approximate surface area is 161 Å². The van der Waals surface area contributed by atoms with E-state index in [9.17, 15) is 19.1 Å². The standard InChI is InChI=1S/C20H25FN2O5/c1-20(2,3)13-6-4-12(5-7-13)10-27-11-16-15(24)8-17(28-16)23-9-14(21)18(25)22-19(23)26/h4-7,9,15-17,24H,8,10-11H2,1-3H3,(H,22,25,26)/t15-,16+,17+/m0/s1. The number of benzene rings is 1. The Morgan fingerprint density at radius 1 is 1.29 bits per heavy atom. The smallest absolute Gasteiger partial charge is 0.330 e. The summed E-state index contributed by atoms with van der Waals surface area (Å²) in [6.45, 7) is 6.92. The molecule has 8 heteroatoms. The van der Waals surface area contributed by atoms with Crippen molar-refractivity contribution in [2.45, 2.75) is 57.6 Å². The molecule has 2 heterocycles. The second kappa shape index (κ2) is 7.98. The third kappa shape index (κ3) is 4.57. The van der Waals surface area contributed by atoms with Crippen molar-refractivity contribution in [3.05, 3.63) is 68.2 Å². The molecule has 1 aliphatic heterocycles. The first-order chi connectivity index (χ1) is 13.1. The number of hydrogen-bond acceptors (Lipinski definition) is 5. The fraction of sp³-hybridized carbons (Fsp3) is 0.500. The number of hydrogen-bond donors (Lipinski definition) is 2. The molecule has 1 aromatic carbocycles. The molecule has 0 radical (unpaired) electrons. The largest absolute Gasteiger partial charge is 0.390 e. The van der Waals surface area contributed by atoms with Gasteiger partial charge in [0.1, 0.15) is 12.3 Å². The normalized spacial score (nSPS) is 22.5. The lowest BCUT2D eigenvalue weighted by molar-refractivity contribution is -0.0669. The topological polar surface area (TPSA) is 93.5 Å². The summed E-state index contributed by atoms with van der Waals surface area (Å²) in [6, 6.07) is 8.12.